The van der Waals surface area contributed by atoms with Crippen LogP contribution in [0.25, 0.3) is 0 Å². The van der Waals surface area contributed by atoms with Crippen molar-refractivity contribution in [2.45, 2.75) is 27.7 Å². The van der Waals surface area contributed by atoms with Crippen molar-refractivity contribution >= 4 is 23.5 Å². The van der Waals surface area contributed by atoms with E-state index in [-0.39, 0.29) is 23.8 Å². The highest BCUT2D eigenvalue weighted by molar-refractivity contribution is 6.21. The average Bonchev–Trinajstić information content (AvgIpc) is 2.73. The van der Waals surface area contributed by atoms with Gasteiger partial charge in [-0.15, -0.1) is 0 Å². The van der Waals surface area contributed by atoms with Gasteiger partial charge in [0, 0.05) is 25.3 Å². The molecule has 23 heavy (non-hydrogen) atoms. The molecule has 0 aliphatic carbocycles. The minimum atomic E-state index is -0.294. The fourth-order valence-corrected chi connectivity index (χ4v) is 2.61. The van der Waals surface area contributed by atoms with Crippen molar-refractivity contribution in [3.05, 3.63) is 29.3 Å². The number of anilines is 1. The maximum absolute atomic E-state index is 12.4. The molecule has 124 valence electrons. The van der Waals surface area contributed by atoms with Gasteiger partial charge in [-0.3, -0.25) is 14.5 Å². The molecule has 1 aromatic rings. The third kappa shape index (κ3) is 3.36. The van der Waals surface area contributed by atoms with E-state index in [0.717, 1.165) is 0 Å². The minimum absolute atomic E-state index is 0.207. The Morgan fingerprint density at radius 3 is 2.30 bits per heavy atom. The van der Waals surface area contributed by atoms with Gasteiger partial charge in [0.25, 0.3) is 11.8 Å². The first-order valence-corrected chi connectivity index (χ1v) is 7.95. The van der Waals surface area contributed by atoms with Crippen LogP contribution in [0, 0.1) is 5.92 Å². The molecule has 6 heteroatoms. The topological polar surface area (TPSA) is 69.7 Å². The maximum atomic E-state index is 12.4. The molecule has 1 aliphatic rings. The number of benzene rings is 1. The number of fused-ring (bicyclic) bond motifs is 1. The van der Waals surface area contributed by atoms with Gasteiger partial charge >= 0.3 is 6.03 Å². The highest BCUT2D eigenvalue weighted by atomic mass is 16.2. The minimum Gasteiger partial charge on any atom is -0.325 e. The van der Waals surface area contributed by atoms with E-state index in [9.17, 15) is 14.4 Å². The van der Waals surface area contributed by atoms with Crippen molar-refractivity contribution in [3.63, 3.8) is 0 Å². The Hall–Kier alpha value is -2.37. The first-order chi connectivity index (χ1) is 10.9. The summed E-state index contributed by atoms with van der Waals surface area (Å²) in [6.07, 6.45) is 0. The van der Waals surface area contributed by atoms with Crippen molar-refractivity contribution in [1.29, 1.82) is 0 Å². The number of hydrogen-bond acceptors (Lipinski definition) is 3. The SMILES string of the molecule is CCN(CC)C(=O)Nc1ccc2c(c1)C(=O)N(CC(C)C)C2=O. The zero-order valence-electron chi connectivity index (χ0n) is 14.0. The average molecular weight is 317 g/mol. The number of urea groups is 1. The van der Waals surface area contributed by atoms with Gasteiger partial charge in [-0.1, -0.05) is 13.8 Å². The molecule has 0 bridgehead atoms. The lowest BCUT2D eigenvalue weighted by Gasteiger charge is -2.19. The second-order valence-corrected chi connectivity index (χ2v) is 5.98. The van der Waals surface area contributed by atoms with Gasteiger partial charge in [-0.25, -0.2) is 4.79 Å². The number of amides is 4. The van der Waals surface area contributed by atoms with Gasteiger partial charge in [0.05, 0.1) is 11.1 Å². The summed E-state index contributed by atoms with van der Waals surface area (Å²) in [6, 6.07) is 4.63. The second-order valence-electron chi connectivity index (χ2n) is 5.98. The van der Waals surface area contributed by atoms with Crippen LogP contribution in [0.5, 0.6) is 0 Å². The fraction of sp³-hybridized carbons (Fsp3) is 0.471. The van der Waals surface area contributed by atoms with E-state index in [0.29, 0.717) is 36.4 Å². The predicted molar refractivity (Wildman–Crippen MR) is 88.6 cm³/mol. The van der Waals surface area contributed by atoms with Crippen molar-refractivity contribution in [1.82, 2.24) is 9.80 Å². The molecule has 0 aromatic heterocycles. The van der Waals surface area contributed by atoms with E-state index in [1.54, 1.807) is 23.1 Å². The van der Waals surface area contributed by atoms with E-state index < -0.39 is 0 Å². The summed E-state index contributed by atoms with van der Waals surface area (Å²) in [4.78, 5) is 39.7. The molecule has 6 nitrogen and oxygen atoms in total. The fourth-order valence-electron chi connectivity index (χ4n) is 2.61. The summed E-state index contributed by atoms with van der Waals surface area (Å²) in [5.41, 5.74) is 1.28. The summed E-state index contributed by atoms with van der Waals surface area (Å²) in [7, 11) is 0. The highest BCUT2D eigenvalue weighted by Gasteiger charge is 2.35. The molecule has 0 saturated heterocycles. The lowest BCUT2D eigenvalue weighted by Crippen LogP contribution is -2.34. The number of nitrogens with one attached hydrogen (secondary N) is 1. The van der Waals surface area contributed by atoms with Gasteiger partial charge in [0.2, 0.25) is 0 Å². The molecular formula is C17H23N3O3. The van der Waals surface area contributed by atoms with Crippen molar-refractivity contribution in [2.24, 2.45) is 5.92 Å². The number of carbonyl (C=O) groups is 3. The van der Waals surface area contributed by atoms with Gasteiger partial charge < -0.3 is 10.2 Å². The number of rotatable bonds is 5. The van der Waals surface area contributed by atoms with E-state index in [4.69, 9.17) is 0 Å². The number of hydrogen-bond donors (Lipinski definition) is 1. The Morgan fingerprint density at radius 2 is 1.74 bits per heavy atom. The van der Waals surface area contributed by atoms with Crippen molar-refractivity contribution < 1.29 is 14.4 Å². The summed E-state index contributed by atoms with van der Waals surface area (Å²) >= 11 is 0. The molecular weight excluding hydrogens is 294 g/mol. The smallest absolute Gasteiger partial charge is 0.321 e. The van der Waals surface area contributed by atoms with Gasteiger partial charge in [0.1, 0.15) is 0 Å². The van der Waals surface area contributed by atoms with E-state index in [2.05, 4.69) is 5.32 Å². The lowest BCUT2D eigenvalue weighted by molar-refractivity contribution is 0.0636. The van der Waals surface area contributed by atoms with Crippen LogP contribution in [0.3, 0.4) is 0 Å². The summed E-state index contributed by atoms with van der Waals surface area (Å²) < 4.78 is 0. The molecule has 2 rings (SSSR count). The van der Waals surface area contributed by atoms with Crippen LogP contribution in [0.15, 0.2) is 18.2 Å². The molecule has 0 spiro atoms. The van der Waals surface area contributed by atoms with Gasteiger partial charge in [0.15, 0.2) is 0 Å². The molecule has 1 aromatic carbocycles. The number of imide groups is 1. The monoisotopic (exact) mass is 317 g/mol. The van der Waals surface area contributed by atoms with Crippen LogP contribution in [0.1, 0.15) is 48.4 Å². The van der Waals surface area contributed by atoms with Crippen molar-refractivity contribution in [3.8, 4) is 0 Å². The molecule has 0 saturated carbocycles. The molecule has 0 radical (unpaired) electrons. The molecule has 1 aliphatic heterocycles. The first kappa shape index (κ1) is 17.0. The van der Waals surface area contributed by atoms with Crippen LogP contribution in [-0.2, 0) is 0 Å². The Morgan fingerprint density at radius 1 is 1.13 bits per heavy atom. The van der Waals surface area contributed by atoms with Gasteiger partial charge in [-0.2, -0.15) is 0 Å². The zero-order valence-corrected chi connectivity index (χ0v) is 14.0. The molecule has 0 atom stereocenters. The summed E-state index contributed by atoms with van der Waals surface area (Å²) in [6.45, 7) is 9.32. The maximum Gasteiger partial charge on any atom is 0.321 e. The zero-order chi connectivity index (χ0) is 17.1. The lowest BCUT2D eigenvalue weighted by atomic mass is 10.1. The summed E-state index contributed by atoms with van der Waals surface area (Å²) in [5.74, 6) is -0.350. The van der Waals surface area contributed by atoms with Crippen LogP contribution < -0.4 is 5.32 Å². The molecule has 1 N–H and O–H groups in total. The highest BCUT2D eigenvalue weighted by Crippen LogP contribution is 2.26. The first-order valence-electron chi connectivity index (χ1n) is 7.95. The van der Waals surface area contributed by atoms with E-state index in [1.807, 2.05) is 27.7 Å². The Balaban J connectivity index is 2.22. The molecule has 0 unspecified atom stereocenters. The normalized spacial score (nSPS) is 13.5. The number of nitrogens with zero attached hydrogens (tertiary/aromatic N) is 2. The second kappa shape index (κ2) is 6.81. The largest absolute Gasteiger partial charge is 0.325 e. The Kier molecular flexibility index (Phi) is 5.03. The number of carbonyl (C=O) groups excluding carboxylic acids is 3. The summed E-state index contributed by atoms with van der Waals surface area (Å²) in [5, 5.41) is 2.77. The van der Waals surface area contributed by atoms with Crippen LogP contribution in [0.4, 0.5) is 10.5 Å². The van der Waals surface area contributed by atoms with E-state index in [1.165, 1.54) is 4.90 Å². The van der Waals surface area contributed by atoms with Crippen LogP contribution in [-0.4, -0.2) is 47.3 Å². The standard InChI is InChI=1S/C17H23N3O3/c1-5-19(6-2)17(23)18-12-7-8-13-14(9-12)16(22)20(15(13)21)10-11(3)4/h7-9,11H,5-6,10H2,1-4H3,(H,18,23). The Labute approximate surface area is 136 Å². The predicted octanol–water partition coefficient (Wildman–Crippen LogP) is 2.81. The molecule has 0 fully saturated rings. The Bertz CT molecular complexity index is 636. The third-order valence-electron chi connectivity index (χ3n) is 3.82. The molecule has 1 heterocycles. The van der Waals surface area contributed by atoms with Crippen LogP contribution >= 0.6 is 0 Å². The van der Waals surface area contributed by atoms with Crippen LogP contribution in [0.2, 0.25) is 0 Å². The molecule has 4 amide bonds. The van der Waals surface area contributed by atoms with Gasteiger partial charge in [-0.05, 0) is 38.0 Å². The van der Waals surface area contributed by atoms with Crippen molar-refractivity contribution in [2.75, 3.05) is 25.0 Å². The quantitative estimate of drug-likeness (QED) is 0.849. The van der Waals surface area contributed by atoms with E-state index >= 15 is 0 Å². The third-order valence-corrected chi connectivity index (χ3v) is 3.82.